The maximum atomic E-state index is 12.2. The Hall–Kier alpha value is -0.420. The van der Waals surface area contributed by atoms with Gasteiger partial charge in [0.2, 0.25) is 0 Å². The van der Waals surface area contributed by atoms with Gasteiger partial charge in [-0.1, -0.05) is 0 Å². The van der Waals surface area contributed by atoms with Gasteiger partial charge in [-0.25, -0.2) is 13.8 Å². The highest BCUT2D eigenvalue weighted by Crippen LogP contribution is 2.27. The molecule has 0 unspecified atom stereocenters. The molecule has 6 heteroatoms. The summed E-state index contributed by atoms with van der Waals surface area (Å²) in [5, 5.41) is 0. The van der Waals surface area contributed by atoms with Gasteiger partial charge in [-0.3, -0.25) is 0 Å². The standard InChI is InChI=1S/C7H6BrClF2N2/c8-6-3(2-9)4(12)1-5(13-6)7(10)11/h1,7H,2H2,(H2,12,13). The van der Waals surface area contributed by atoms with Crippen LogP contribution in [0.5, 0.6) is 0 Å². The summed E-state index contributed by atoms with van der Waals surface area (Å²) < 4.78 is 24.7. The lowest BCUT2D eigenvalue weighted by atomic mass is 10.2. The fraction of sp³-hybridized carbons (Fsp3) is 0.286. The Morgan fingerprint density at radius 3 is 2.62 bits per heavy atom. The minimum Gasteiger partial charge on any atom is -0.398 e. The van der Waals surface area contributed by atoms with Crippen LogP contribution < -0.4 is 5.73 Å². The van der Waals surface area contributed by atoms with Gasteiger partial charge >= 0.3 is 0 Å². The van der Waals surface area contributed by atoms with Crippen molar-refractivity contribution in [3.05, 3.63) is 21.9 Å². The first-order valence-corrected chi connectivity index (χ1v) is 4.68. The van der Waals surface area contributed by atoms with Crippen molar-refractivity contribution in [3.63, 3.8) is 0 Å². The molecular formula is C7H6BrClF2N2. The quantitative estimate of drug-likeness (QED) is 0.663. The fourth-order valence-corrected chi connectivity index (χ4v) is 1.84. The van der Waals surface area contributed by atoms with E-state index in [0.29, 0.717) is 5.56 Å². The Bertz CT molecular complexity index is 296. The van der Waals surface area contributed by atoms with Crippen molar-refractivity contribution in [2.24, 2.45) is 0 Å². The Labute approximate surface area is 87.2 Å². The minimum absolute atomic E-state index is 0.142. The van der Waals surface area contributed by atoms with Crippen LogP contribution in [0.25, 0.3) is 0 Å². The molecule has 1 heterocycles. The van der Waals surface area contributed by atoms with Gasteiger partial charge in [0.1, 0.15) is 10.3 Å². The van der Waals surface area contributed by atoms with Crippen molar-refractivity contribution in [1.29, 1.82) is 0 Å². The third-order valence-corrected chi connectivity index (χ3v) is 2.41. The van der Waals surface area contributed by atoms with E-state index in [2.05, 4.69) is 20.9 Å². The number of nitrogen functional groups attached to an aromatic ring is 1. The molecular weight excluding hydrogens is 265 g/mol. The van der Waals surface area contributed by atoms with E-state index in [4.69, 9.17) is 17.3 Å². The van der Waals surface area contributed by atoms with Crippen LogP contribution in [0.2, 0.25) is 0 Å². The normalized spacial score (nSPS) is 10.8. The van der Waals surface area contributed by atoms with Crippen LogP contribution in [-0.2, 0) is 5.88 Å². The molecule has 72 valence electrons. The molecule has 2 N–H and O–H groups in total. The number of pyridine rings is 1. The molecule has 0 saturated carbocycles. The van der Waals surface area contributed by atoms with Gasteiger partial charge in [0.25, 0.3) is 6.43 Å². The second kappa shape index (κ2) is 4.19. The predicted molar refractivity (Wildman–Crippen MR) is 50.9 cm³/mol. The van der Waals surface area contributed by atoms with Crippen LogP contribution in [0.15, 0.2) is 10.7 Å². The van der Waals surface area contributed by atoms with E-state index in [-0.39, 0.29) is 21.9 Å². The summed E-state index contributed by atoms with van der Waals surface area (Å²) in [5.74, 6) is 0.142. The summed E-state index contributed by atoms with van der Waals surface area (Å²) in [5.41, 5.74) is 5.90. The lowest BCUT2D eigenvalue weighted by Gasteiger charge is -2.06. The van der Waals surface area contributed by atoms with Gasteiger partial charge in [0.05, 0.1) is 5.88 Å². The van der Waals surface area contributed by atoms with E-state index >= 15 is 0 Å². The molecule has 13 heavy (non-hydrogen) atoms. The molecule has 0 aliphatic heterocycles. The first-order valence-electron chi connectivity index (χ1n) is 3.35. The summed E-state index contributed by atoms with van der Waals surface area (Å²) in [6, 6.07) is 1.13. The largest absolute Gasteiger partial charge is 0.398 e. The van der Waals surface area contributed by atoms with E-state index in [1.807, 2.05) is 0 Å². The van der Waals surface area contributed by atoms with Gasteiger partial charge in [-0.05, 0) is 22.0 Å². The molecule has 0 radical (unpaired) electrons. The molecule has 0 atom stereocenters. The average molecular weight is 271 g/mol. The molecule has 2 nitrogen and oxygen atoms in total. The highest BCUT2D eigenvalue weighted by Gasteiger charge is 2.13. The third-order valence-electron chi connectivity index (χ3n) is 1.49. The van der Waals surface area contributed by atoms with Crippen molar-refractivity contribution >= 4 is 33.2 Å². The highest BCUT2D eigenvalue weighted by atomic mass is 79.9. The SMILES string of the molecule is Nc1cc(C(F)F)nc(Br)c1CCl. The molecule has 0 spiro atoms. The number of alkyl halides is 3. The Morgan fingerprint density at radius 1 is 1.62 bits per heavy atom. The molecule has 0 aliphatic rings. The van der Waals surface area contributed by atoms with E-state index in [1.165, 1.54) is 0 Å². The van der Waals surface area contributed by atoms with Crippen molar-refractivity contribution in [2.75, 3.05) is 5.73 Å². The first-order chi connectivity index (χ1) is 6.06. The monoisotopic (exact) mass is 270 g/mol. The van der Waals surface area contributed by atoms with Crippen molar-refractivity contribution in [2.45, 2.75) is 12.3 Å². The zero-order chi connectivity index (χ0) is 10.0. The van der Waals surface area contributed by atoms with Crippen LogP contribution in [0.3, 0.4) is 0 Å². The van der Waals surface area contributed by atoms with Crippen LogP contribution >= 0.6 is 27.5 Å². The summed E-state index contributed by atoms with van der Waals surface area (Å²) in [4.78, 5) is 3.61. The molecule has 0 amide bonds. The first kappa shape index (κ1) is 10.7. The van der Waals surface area contributed by atoms with E-state index in [0.717, 1.165) is 6.07 Å². The molecule has 1 aromatic rings. The predicted octanol–water partition coefficient (Wildman–Crippen LogP) is 3.10. The molecule has 1 rings (SSSR count). The molecule has 0 fully saturated rings. The zero-order valence-electron chi connectivity index (χ0n) is 6.40. The number of rotatable bonds is 2. The third kappa shape index (κ3) is 2.28. The van der Waals surface area contributed by atoms with Crippen molar-refractivity contribution < 1.29 is 8.78 Å². The minimum atomic E-state index is -2.62. The van der Waals surface area contributed by atoms with Gasteiger partial charge in [0, 0.05) is 11.3 Å². The van der Waals surface area contributed by atoms with Gasteiger partial charge in [0.15, 0.2) is 0 Å². The highest BCUT2D eigenvalue weighted by molar-refractivity contribution is 9.10. The van der Waals surface area contributed by atoms with E-state index in [9.17, 15) is 8.78 Å². The second-order valence-corrected chi connectivity index (χ2v) is 3.36. The fourth-order valence-electron chi connectivity index (χ4n) is 0.823. The van der Waals surface area contributed by atoms with E-state index < -0.39 is 6.43 Å². The molecule has 0 aliphatic carbocycles. The second-order valence-electron chi connectivity index (χ2n) is 2.34. The Kier molecular flexibility index (Phi) is 3.44. The van der Waals surface area contributed by atoms with Crippen LogP contribution in [0.1, 0.15) is 17.7 Å². The van der Waals surface area contributed by atoms with Crippen molar-refractivity contribution in [1.82, 2.24) is 4.98 Å². The number of hydrogen-bond donors (Lipinski definition) is 1. The number of nitrogens with two attached hydrogens (primary N) is 1. The Morgan fingerprint density at radius 2 is 2.23 bits per heavy atom. The summed E-state index contributed by atoms with van der Waals surface area (Å²) in [6.45, 7) is 0. The molecule has 1 aromatic heterocycles. The maximum absolute atomic E-state index is 12.2. The average Bonchev–Trinajstić information content (AvgIpc) is 2.03. The summed E-state index contributed by atoms with van der Waals surface area (Å²) in [7, 11) is 0. The molecule has 0 saturated heterocycles. The van der Waals surface area contributed by atoms with Crippen LogP contribution in [0.4, 0.5) is 14.5 Å². The number of nitrogens with zero attached hydrogens (tertiary/aromatic N) is 1. The smallest absolute Gasteiger partial charge is 0.280 e. The van der Waals surface area contributed by atoms with Gasteiger partial charge in [-0.15, -0.1) is 11.6 Å². The summed E-state index contributed by atoms with van der Waals surface area (Å²) in [6.07, 6.45) is -2.62. The van der Waals surface area contributed by atoms with Gasteiger partial charge < -0.3 is 5.73 Å². The lowest BCUT2D eigenvalue weighted by Crippen LogP contribution is -2.00. The molecule has 0 aromatic carbocycles. The van der Waals surface area contributed by atoms with E-state index in [1.54, 1.807) is 0 Å². The maximum Gasteiger partial charge on any atom is 0.280 e. The zero-order valence-corrected chi connectivity index (χ0v) is 8.74. The molecule has 0 bridgehead atoms. The summed E-state index contributed by atoms with van der Waals surface area (Å²) >= 11 is 8.55. The Balaban J connectivity index is 3.20. The lowest BCUT2D eigenvalue weighted by molar-refractivity contribution is 0.146. The van der Waals surface area contributed by atoms with Crippen LogP contribution in [-0.4, -0.2) is 4.98 Å². The number of halogens is 4. The van der Waals surface area contributed by atoms with Gasteiger partial charge in [-0.2, -0.15) is 0 Å². The topological polar surface area (TPSA) is 38.9 Å². The number of aromatic nitrogens is 1. The number of anilines is 1. The number of hydrogen-bond acceptors (Lipinski definition) is 2. The van der Waals surface area contributed by atoms with Crippen LogP contribution in [0, 0.1) is 0 Å². The van der Waals surface area contributed by atoms with Crippen molar-refractivity contribution in [3.8, 4) is 0 Å².